The van der Waals surface area contributed by atoms with E-state index in [-0.39, 0.29) is 11.6 Å². The molecule has 0 aliphatic carbocycles. The third-order valence-corrected chi connectivity index (χ3v) is 6.80. The quantitative estimate of drug-likeness (QED) is 0.677. The highest BCUT2D eigenvalue weighted by molar-refractivity contribution is 7.91. The van der Waals surface area contributed by atoms with Gasteiger partial charge in [0.25, 0.3) is 0 Å². The van der Waals surface area contributed by atoms with E-state index in [1.165, 1.54) is 11.0 Å². The van der Waals surface area contributed by atoms with Crippen molar-refractivity contribution in [3.05, 3.63) is 70.0 Å². The van der Waals surface area contributed by atoms with E-state index >= 15 is 0 Å². The number of piperazine rings is 1. The fourth-order valence-corrected chi connectivity index (χ4v) is 4.91. The predicted octanol–water partition coefficient (Wildman–Crippen LogP) is 2.61. The van der Waals surface area contributed by atoms with Gasteiger partial charge in [-0.1, -0.05) is 29.8 Å². The van der Waals surface area contributed by atoms with Crippen LogP contribution in [-0.2, 0) is 26.9 Å². The molecule has 1 aliphatic heterocycles. The SMILES string of the molecule is N#Cc1ccc(CS(=O)(=O)CC(=O)N2CCN(Cc3c(F)cccc3Cl)CC2)cc1. The number of hydrogen-bond acceptors (Lipinski definition) is 5. The monoisotopic (exact) mass is 449 g/mol. The molecular weight excluding hydrogens is 429 g/mol. The number of carbonyl (C=O) groups is 1. The zero-order valence-corrected chi connectivity index (χ0v) is 17.8. The minimum Gasteiger partial charge on any atom is -0.339 e. The molecule has 1 amide bonds. The van der Waals surface area contributed by atoms with Gasteiger partial charge in [-0.3, -0.25) is 9.69 Å². The van der Waals surface area contributed by atoms with Crippen molar-refractivity contribution in [2.24, 2.45) is 0 Å². The lowest BCUT2D eigenvalue weighted by Crippen LogP contribution is -2.49. The molecule has 9 heteroatoms. The lowest BCUT2D eigenvalue weighted by molar-refractivity contribution is -0.130. The Labute approximate surface area is 180 Å². The molecule has 2 aromatic carbocycles. The third-order valence-electron chi connectivity index (χ3n) is 4.98. The van der Waals surface area contributed by atoms with Crippen LogP contribution in [-0.4, -0.2) is 56.1 Å². The number of benzene rings is 2. The number of hydrogen-bond donors (Lipinski definition) is 0. The van der Waals surface area contributed by atoms with Gasteiger partial charge in [0.05, 0.1) is 17.4 Å². The van der Waals surface area contributed by atoms with Crippen molar-refractivity contribution in [3.63, 3.8) is 0 Å². The smallest absolute Gasteiger partial charge is 0.237 e. The van der Waals surface area contributed by atoms with Crippen molar-refractivity contribution in [1.82, 2.24) is 9.80 Å². The summed E-state index contributed by atoms with van der Waals surface area (Å²) in [5.41, 5.74) is 1.40. The van der Waals surface area contributed by atoms with Crippen molar-refractivity contribution in [1.29, 1.82) is 5.26 Å². The van der Waals surface area contributed by atoms with E-state index in [4.69, 9.17) is 16.9 Å². The maximum atomic E-state index is 14.0. The van der Waals surface area contributed by atoms with Crippen LogP contribution in [0, 0.1) is 17.1 Å². The van der Waals surface area contributed by atoms with Gasteiger partial charge < -0.3 is 4.90 Å². The summed E-state index contributed by atoms with van der Waals surface area (Å²) in [7, 11) is -3.63. The summed E-state index contributed by atoms with van der Waals surface area (Å²) in [6.07, 6.45) is 0. The summed E-state index contributed by atoms with van der Waals surface area (Å²) in [5.74, 6) is -1.62. The molecule has 3 rings (SSSR count). The summed E-state index contributed by atoms with van der Waals surface area (Å²) in [6.45, 7) is 2.09. The fourth-order valence-electron chi connectivity index (χ4n) is 3.32. The molecule has 30 heavy (non-hydrogen) atoms. The Morgan fingerprint density at radius 1 is 1.10 bits per heavy atom. The van der Waals surface area contributed by atoms with Crippen molar-refractivity contribution in [3.8, 4) is 6.07 Å². The van der Waals surface area contributed by atoms with Crippen LogP contribution < -0.4 is 0 Å². The van der Waals surface area contributed by atoms with Gasteiger partial charge in [-0.05, 0) is 29.8 Å². The van der Waals surface area contributed by atoms with E-state index in [0.29, 0.717) is 54.4 Å². The molecule has 0 atom stereocenters. The van der Waals surface area contributed by atoms with Gasteiger partial charge in [-0.15, -0.1) is 0 Å². The maximum Gasteiger partial charge on any atom is 0.237 e. The first-order valence-electron chi connectivity index (χ1n) is 9.40. The Bertz CT molecular complexity index is 1040. The number of rotatable bonds is 6. The molecule has 1 saturated heterocycles. The first-order chi connectivity index (χ1) is 14.3. The van der Waals surface area contributed by atoms with Gasteiger partial charge in [-0.25, -0.2) is 12.8 Å². The fraction of sp³-hybridized carbons (Fsp3) is 0.333. The number of carbonyl (C=O) groups excluding carboxylic acids is 1. The number of halogens is 2. The van der Waals surface area contributed by atoms with Crippen LogP contribution in [0.25, 0.3) is 0 Å². The minimum atomic E-state index is -3.63. The van der Waals surface area contributed by atoms with Gasteiger partial charge in [0.2, 0.25) is 5.91 Å². The summed E-state index contributed by atoms with van der Waals surface area (Å²) >= 11 is 6.07. The summed E-state index contributed by atoms with van der Waals surface area (Å²) in [6, 6.07) is 12.8. The summed E-state index contributed by atoms with van der Waals surface area (Å²) in [4.78, 5) is 16.0. The normalized spacial score (nSPS) is 15.0. The predicted molar refractivity (Wildman–Crippen MR) is 112 cm³/mol. The largest absolute Gasteiger partial charge is 0.339 e. The second-order valence-electron chi connectivity index (χ2n) is 7.20. The number of nitrogens with zero attached hydrogens (tertiary/aromatic N) is 3. The molecule has 158 valence electrons. The van der Waals surface area contributed by atoms with Gasteiger partial charge in [-0.2, -0.15) is 5.26 Å². The van der Waals surface area contributed by atoms with Crippen LogP contribution in [0.15, 0.2) is 42.5 Å². The lowest BCUT2D eigenvalue weighted by Gasteiger charge is -2.35. The molecular formula is C21H21ClFN3O3S. The Balaban J connectivity index is 1.52. The molecule has 6 nitrogen and oxygen atoms in total. The Kier molecular flexibility index (Phi) is 7.08. The van der Waals surface area contributed by atoms with Gasteiger partial charge in [0.15, 0.2) is 9.84 Å². The van der Waals surface area contributed by atoms with E-state index < -0.39 is 21.5 Å². The average Bonchev–Trinajstić information content (AvgIpc) is 2.71. The lowest BCUT2D eigenvalue weighted by atomic mass is 10.2. The van der Waals surface area contributed by atoms with Crippen LogP contribution in [0.5, 0.6) is 0 Å². The highest BCUT2D eigenvalue weighted by atomic mass is 35.5. The zero-order chi connectivity index (χ0) is 21.7. The molecule has 0 bridgehead atoms. The van der Waals surface area contributed by atoms with E-state index in [2.05, 4.69) is 0 Å². The summed E-state index contributed by atoms with van der Waals surface area (Å²) in [5, 5.41) is 9.17. The van der Waals surface area contributed by atoms with Crippen LogP contribution in [0.3, 0.4) is 0 Å². The van der Waals surface area contributed by atoms with E-state index in [1.54, 1.807) is 36.4 Å². The second-order valence-corrected chi connectivity index (χ2v) is 9.67. The topological polar surface area (TPSA) is 81.5 Å². The molecule has 1 aliphatic rings. The highest BCUT2D eigenvalue weighted by Crippen LogP contribution is 2.21. The number of sulfone groups is 1. The van der Waals surface area contributed by atoms with Crippen LogP contribution in [0.4, 0.5) is 4.39 Å². The molecule has 0 radical (unpaired) electrons. The van der Waals surface area contributed by atoms with Gasteiger partial charge >= 0.3 is 0 Å². The van der Waals surface area contributed by atoms with Crippen molar-refractivity contribution in [2.45, 2.75) is 12.3 Å². The third kappa shape index (κ3) is 5.79. The van der Waals surface area contributed by atoms with Gasteiger partial charge in [0, 0.05) is 43.3 Å². The molecule has 0 N–H and O–H groups in total. The molecule has 2 aromatic rings. The highest BCUT2D eigenvalue weighted by Gasteiger charge is 2.26. The van der Waals surface area contributed by atoms with Gasteiger partial charge in [0.1, 0.15) is 11.6 Å². The van der Waals surface area contributed by atoms with E-state index in [9.17, 15) is 17.6 Å². The molecule has 0 aromatic heterocycles. The second kappa shape index (κ2) is 9.56. The van der Waals surface area contributed by atoms with Crippen LogP contribution in [0.1, 0.15) is 16.7 Å². The average molecular weight is 450 g/mol. The number of nitriles is 1. The molecule has 0 spiro atoms. The van der Waals surface area contributed by atoms with Crippen molar-refractivity contribution >= 4 is 27.3 Å². The molecule has 1 heterocycles. The zero-order valence-electron chi connectivity index (χ0n) is 16.2. The van der Waals surface area contributed by atoms with E-state index in [0.717, 1.165) is 0 Å². The van der Waals surface area contributed by atoms with Crippen LogP contribution >= 0.6 is 11.6 Å². The van der Waals surface area contributed by atoms with E-state index in [1.807, 2.05) is 11.0 Å². The molecule has 0 unspecified atom stereocenters. The van der Waals surface area contributed by atoms with Crippen molar-refractivity contribution in [2.75, 3.05) is 31.9 Å². The maximum absolute atomic E-state index is 14.0. The number of amides is 1. The standard InChI is InChI=1S/C21H21ClFN3O3S/c22-19-2-1-3-20(23)18(19)13-25-8-10-26(11-9-25)21(27)15-30(28,29)14-17-6-4-16(12-24)5-7-17/h1-7H,8-11,13-15H2. The first kappa shape index (κ1) is 22.2. The van der Waals surface area contributed by atoms with Crippen LogP contribution in [0.2, 0.25) is 5.02 Å². The Morgan fingerprint density at radius 2 is 1.77 bits per heavy atom. The molecule has 0 saturated carbocycles. The van der Waals surface area contributed by atoms with Crippen molar-refractivity contribution < 1.29 is 17.6 Å². The Morgan fingerprint density at radius 3 is 2.37 bits per heavy atom. The molecule has 1 fully saturated rings. The summed E-state index contributed by atoms with van der Waals surface area (Å²) < 4.78 is 38.8. The first-order valence-corrected chi connectivity index (χ1v) is 11.6. The minimum absolute atomic E-state index is 0.254. The Hall–Kier alpha value is -2.47.